The van der Waals surface area contributed by atoms with E-state index in [1.807, 2.05) is 24.9 Å². The van der Waals surface area contributed by atoms with E-state index < -0.39 is 11.6 Å². The van der Waals surface area contributed by atoms with Crippen molar-refractivity contribution >= 4 is 17.5 Å². The number of fused-ring (bicyclic) bond motifs is 1. The number of nitrogens with zero attached hydrogens (tertiary/aromatic N) is 2. The van der Waals surface area contributed by atoms with Gasteiger partial charge in [0.1, 0.15) is 29.7 Å². The zero-order valence-corrected chi connectivity index (χ0v) is 19.3. The van der Waals surface area contributed by atoms with Gasteiger partial charge in [-0.1, -0.05) is 30.7 Å². The van der Waals surface area contributed by atoms with Crippen molar-refractivity contribution < 1.29 is 23.0 Å². The van der Waals surface area contributed by atoms with Crippen LogP contribution in [0, 0.1) is 17.6 Å². The van der Waals surface area contributed by atoms with Crippen molar-refractivity contribution in [2.45, 2.75) is 26.9 Å². The molecule has 1 saturated heterocycles. The standard InChI is InChI=1S/C24H26ClF2N3O3/c1-15-6-7-21-22(33-14-18-19(26)4-3-5-20(18)27)12-17(25)13-30(21)23(16(15)2)24(31)28-29-8-10-32-11-9-29/h3-5,7,12-13,15H,6,8-11,14H2,1-2H3,(H,28,31). The molecule has 176 valence electrons. The van der Waals surface area contributed by atoms with Gasteiger partial charge in [-0.2, -0.15) is 0 Å². The molecule has 1 fully saturated rings. The minimum absolute atomic E-state index is 0.0889. The van der Waals surface area contributed by atoms with Crippen molar-refractivity contribution in [3.8, 4) is 0 Å². The second-order valence-electron chi connectivity index (χ2n) is 8.18. The SMILES string of the molecule is CC1=C(C(=O)NN2CCOCC2)N2C=C(Cl)C=C(OCc3c(F)cccc3F)C2=CCC1C. The van der Waals surface area contributed by atoms with E-state index in [0.717, 1.165) is 5.57 Å². The number of amides is 1. The highest BCUT2D eigenvalue weighted by Crippen LogP contribution is 2.37. The van der Waals surface area contributed by atoms with Gasteiger partial charge in [-0.15, -0.1) is 0 Å². The van der Waals surface area contributed by atoms with Crippen LogP contribution in [0.5, 0.6) is 0 Å². The Kier molecular flexibility index (Phi) is 7.17. The van der Waals surface area contributed by atoms with E-state index in [1.165, 1.54) is 18.2 Å². The Hall–Kier alpha value is -2.68. The lowest BCUT2D eigenvalue weighted by atomic mass is 9.97. The Morgan fingerprint density at radius 1 is 1.27 bits per heavy atom. The van der Waals surface area contributed by atoms with Crippen LogP contribution in [0.25, 0.3) is 0 Å². The fraction of sp³-hybridized carbons (Fsp3) is 0.375. The number of halogens is 3. The van der Waals surface area contributed by atoms with E-state index in [9.17, 15) is 13.6 Å². The van der Waals surface area contributed by atoms with Crippen LogP contribution >= 0.6 is 11.6 Å². The first-order valence-corrected chi connectivity index (χ1v) is 11.2. The van der Waals surface area contributed by atoms with Gasteiger partial charge in [0.25, 0.3) is 5.91 Å². The van der Waals surface area contributed by atoms with Crippen LogP contribution in [-0.2, 0) is 20.9 Å². The maximum Gasteiger partial charge on any atom is 0.282 e. The van der Waals surface area contributed by atoms with Crippen LogP contribution in [-0.4, -0.2) is 42.1 Å². The molecular formula is C24H26ClF2N3O3. The van der Waals surface area contributed by atoms with Crippen molar-refractivity contribution in [3.05, 3.63) is 81.5 Å². The Morgan fingerprint density at radius 3 is 2.67 bits per heavy atom. The molecule has 9 heteroatoms. The summed E-state index contributed by atoms with van der Waals surface area (Å²) < 4.78 is 39.4. The van der Waals surface area contributed by atoms with Gasteiger partial charge in [0, 0.05) is 25.4 Å². The van der Waals surface area contributed by atoms with Crippen LogP contribution in [0.3, 0.4) is 0 Å². The molecule has 1 atom stereocenters. The number of nitrogens with one attached hydrogen (secondary N) is 1. The second kappa shape index (κ2) is 10.1. The van der Waals surface area contributed by atoms with E-state index in [-0.39, 0.29) is 24.0 Å². The average Bonchev–Trinajstić information content (AvgIpc) is 2.90. The molecular weight excluding hydrogens is 452 g/mol. The molecule has 1 unspecified atom stereocenters. The molecule has 0 spiro atoms. The highest BCUT2D eigenvalue weighted by molar-refractivity contribution is 6.31. The van der Waals surface area contributed by atoms with Crippen molar-refractivity contribution in [2.24, 2.45) is 5.92 Å². The van der Waals surface area contributed by atoms with E-state index >= 15 is 0 Å². The number of carbonyl (C=O) groups is 1. The van der Waals surface area contributed by atoms with E-state index in [4.69, 9.17) is 21.1 Å². The molecule has 0 radical (unpaired) electrons. The normalized spacial score (nSPS) is 21.5. The highest BCUT2D eigenvalue weighted by atomic mass is 35.5. The van der Waals surface area contributed by atoms with Crippen LogP contribution in [0.15, 0.2) is 64.3 Å². The number of allylic oxidation sites excluding steroid dienone is 4. The van der Waals surface area contributed by atoms with Crippen molar-refractivity contribution in [2.75, 3.05) is 26.3 Å². The molecule has 1 amide bonds. The van der Waals surface area contributed by atoms with Crippen molar-refractivity contribution in [3.63, 3.8) is 0 Å². The van der Waals surface area contributed by atoms with Gasteiger partial charge in [-0.25, -0.2) is 13.8 Å². The summed E-state index contributed by atoms with van der Waals surface area (Å²) in [7, 11) is 0. The number of morpholine rings is 1. The van der Waals surface area contributed by atoms with E-state index in [1.54, 1.807) is 17.2 Å². The molecule has 0 aliphatic carbocycles. The molecule has 0 saturated carbocycles. The van der Waals surface area contributed by atoms with Crippen LogP contribution in [0.2, 0.25) is 0 Å². The predicted molar refractivity (Wildman–Crippen MR) is 120 cm³/mol. The summed E-state index contributed by atoms with van der Waals surface area (Å²) in [6, 6.07) is 3.67. The predicted octanol–water partition coefficient (Wildman–Crippen LogP) is 4.32. The van der Waals surface area contributed by atoms with Crippen molar-refractivity contribution in [1.82, 2.24) is 15.3 Å². The summed E-state index contributed by atoms with van der Waals surface area (Å²) in [4.78, 5) is 15.1. The maximum atomic E-state index is 14.1. The van der Waals surface area contributed by atoms with E-state index in [0.29, 0.717) is 54.9 Å². The smallest absolute Gasteiger partial charge is 0.282 e. The fourth-order valence-corrected chi connectivity index (χ4v) is 4.11. The molecule has 3 heterocycles. The number of hydrogen-bond donors (Lipinski definition) is 1. The summed E-state index contributed by atoms with van der Waals surface area (Å²) in [5.74, 6) is -1.21. The number of hydrogen-bond acceptors (Lipinski definition) is 5. The molecule has 3 aliphatic heterocycles. The number of ether oxygens (including phenoxy) is 2. The number of hydrazine groups is 1. The van der Waals surface area contributed by atoms with Gasteiger partial charge < -0.3 is 14.4 Å². The topological polar surface area (TPSA) is 54.0 Å². The monoisotopic (exact) mass is 477 g/mol. The first-order chi connectivity index (χ1) is 15.8. The summed E-state index contributed by atoms with van der Waals surface area (Å²) in [6.07, 6.45) is 5.85. The van der Waals surface area contributed by atoms with Gasteiger partial charge >= 0.3 is 0 Å². The quantitative estimate of drug-likeness (QED) is 0.684. The lowest BCUT2D eigenvalue weighted by Gasteiger charge is -2.33. The minimum Gasteiger partial charge on any atom is -0.486 e. The summed E-state index contributed by atoms with van der Waals surface area (Å²) in [6.45, 7) is 5.92. The fourth-order valence-electron chi connectivity index (χ4n) is 3.92. The molecule has 1 aromatic carbocycles. The Morgan fingerprint density at radius 2 is 1.97 bits per heavy atom. The number of carbonyl (C=O) groups excluding carboxylic acids is 1. The van der Waals surface area contributed by atoms with E-state index in [2.05, 4.69) is 5.43 Å². The Labute approximate surface area is 196 Å². The van der Waals surface area contributed by atoms with Crippen LogP contribution in [0.1, 0.15) is 25.8 Å². The Bertz CT molecular complexity index is 1040. The maximum absolute atomic E-state index is 14.1. The molecule has 6 nitrogen and oxygen atoms in total. The van der Waals surface area contributed by atoms with Crippen LogP contribution < -0.4 is 5.43 Å². The number of rotatable bonds is 5. The highest BCUT2D eigenvalue weighted by Gasteiger charge is 2.32. The molecule has 4 rings (SSSR count). The summed E-state index contributed by atoms with van der Waals surface area (Å²) in [5.41, 5.74) is 4.74. The first-order valence-electron chi connectivity index (χ1n) is 10.8. The lowest BCUT2D eigenvalue weighted by Crippen LogP contribution is -2.50. The molecule has 3 aliphatic rings. The lowest BCUT2D eigenvalue weighted by molar-refractivity contribution is -0.125. The zero-order valence-electron chi connectivity index (χ0n) is 18.5. The second-order valence-corrected chi connectivity index (χ2v) is 8.62. The largest absolute Gasteiger partial charge is 0.486 e. The molecule has 0 aromatic heterocycles. The third-order valence-corrected chi connectivity index (χ3v) is 6.18. The molecule has 0 bridgehead atoms. The number of benzene rings is 1. The molecule has 33 heavy (non-hydrogen) atoms. The molecule has 1 N–H and O–H groups in total. The van der Waals surface area contributed by atoms with Crippen molar-refractivity contribution in [1.29, 1.82) is 0 Å². The minimum atomic E-state index is -0.685. The zero-order chi connectivity index (χ0) is 23.5. The van der Waals surface area contributed by atoms with Gasteiger partial charge in [0.05, 0.1) is 29.5 Å². The molecule has 1 aromatic rings. The van der Waals surface area contributed by atoms with Gasteiger partial charge in [-0.05, 0) is 37.0 Å². The third-order valence-electron chi connectivity index (χ3n) is 5.97. The third kappa shape index (κ3) is 5.13. The van der Waals surface area contributed by atoms with Crippen LogP contribution in [0.4, 0.5) is 8.78 Å². The van der Waals surface area contributed by atoms with Gasteiger partial charge in [0.15, 0.2) is 0 Å². The first kappa shape index (κ1) is 23.5. The Balaban J connectivity index is 1.61. The average molecular weight is 478 g/mol. The summed E-state index contributed by atoms with van der Waals surface area (Å²) in [5, 5.41) is 2.16. The summed E-state index contributed by atoms with van der Waals surface area (Å²) >= 11 is 6.38. The van der Waals surface area contributed by atoms with Gasteiger partial charge in [0.2, 0.25) is 0 Å². The van der Waals surface area contributed by atoms with Gasteiger partial charge in [-0.3, -0.25) is 10.2 Å².